The molecule has 0 aromatic rings. The second kappa shape index (κ2) is 6.93. The number of likely N-dealkylation sites (N-methyl/N-ethyl adjacent to an activating group) is 1. The molecule has 3 N–H and O–H groups in total. The maximum absolute atomic E-state index is 11.8. The van der Waals surface area contributed by atoms with Crippen LogP contribution in [0, 0.1) is 5.92 Å². The second-order valence-electron chi connectivity index (χ2n) is 4.38. The molecule has 0 bridgehead atoms. The molecule has 1 saturated heterocycles. The summed E-state index contributed by atoms with van der Waals surface area (Å²) in [5.41, 5.74) is 0. The van der Waals surface area contributed by atoms with E-state index in [4.69, 9.17) is 9.84 Å². The second-order valence-corrected chi connectivity index (χ2v) is 4.38. The van der Waals surface area contributed by atoms with Gasteiger partial charge in [0, 0.05) is 27.1 Å². The minimum atomic E-state index is -0.972. The number of aliphatic carboxylic acids is 1. The van der Waals surface area contributed by atoms with Crippen molar-refractivity contribution < 1.29 is 24.2 Å². The molecule has 0 saturated carbocycles. The number of nitrogens with zero attached hydrogens (tertiary/aromatic N) is 1. The predicted molar refractivity (Wildman–Crippen MR) is 65.6 cm³/mol. The van der Waals surface area contributed by atoms with Crippen LogP contribution in [0.3, 0.4) is 0 Å². The van der Waals surface area contributed by atoms with Crippen molar-refractivity contribution in [3.8, 4) is 0 Å². The van der Waals surface area contributed by atoms with Gasteiger partial charge in [-0.05, 0) is 0 Å². The lowest BCUT2D eigenvalue weighted by Gasteiger charge is -2.26. The van der Waals surface area contributed by atoms with Crippen molar-refractivity contribution in [2.75, 3.05) is 33.4 Å². The van der Waals surface area contributed by atoms with Gasteiger partial charge in [-0.15, -0.1) is 0 Å². The van der Waals surface area contributed by atoms with Crippen LogP contribution in [-0.2, 0) is 14.3 Å². The minimum absolute atomic E-state index is 0.115. The molecule has 1 aliphatic rings. The molecule has 1 fully saturated rings. The molecule has 0 aromatic heterocycles. The molecule has 2 unspecified atom stereocenters. The topological polar surface area (TPSA) is 108 Å². The smallest absolute Gasteiger partial charge is 0.317 e. The number of ether oxygens (including phenoxy) is 1. The molecule has 1 heterocycles. The van der Waals surface area contributed by atoms with Crippen molar-refractivity contribution >= 4 is 17.9 Å². The van der Waals surface area contributed by atoms with E-state index in [2.05, 4.69) is 10.6 Å². The largest absolute Gasteiger partial charge is 0.481 e. The van der Waals surface area contributed by atoms with Crippen LogP contribution in [0.1, 0.15) is 6.92 Å². The molecule has 8 heteroatoms. The first-order valence-electron chi connectivity index (χ1n) is 5.99. The van der Waals surface area contributed by atoms with E-state index in [1.165, 1.54) is 18.9 Å². The number of hydrogen-bond donors (Lipinski definition) is 3. The van der Waals surface area contributed by atoms with Gasteiger partial charge in [0.1, 0.15) is 5.92 Å². The molecule has 1 aliphatic heterocycles. The normalized spacial score (nSPS) is 21.8. The number of carbonyl (C=O) groups excluding carboxylic acids is 2. The van der Waals surface area contributed by atoms with E-state index in [9.17, 15) is 14.4 Å². The number of amides is 3. The average Bonchev–Trinajstić information content (AvgIpc) is 2.82. The van der Waals surface area contributed by atoms with Gasteiger partial charge in [-0.3, -0.25) is 9.59 Å². The third kappa shape index (κ3) is 4.40. The van der Waals surface area contributed by atoms with Crippen molar-refractivity contribution in [1.29, 1.82) is 0 Å². The van der Waals surface area contributed by atoms with Gasteiger partial charge in [0.05, 0.1) is 19.3 Å². The zero-order chi connectivity index (χ0) is 14.4. The molecule has 0 aliphatic carbocycles. The predicted octanol–water partition coefficient (Wildman–Crippen LogP) is -1.14. The fraction of sp³-hybridized carbons (Fsp3) is 0.727. The summed E-state index contributed by atoms with van der Waals surface area (Å²) >= 11 is 0. The molecule has 0 spiro atoms. The molecule has 0 aromatic carbocycles. The fourth-order valence-electron chi connectivity index (χ4n) is 1.84. The van der Waals surface area contributed by atoms with Crippen LogP contribution >= 0.6 is 0 Å². The van der Waals surface area contributed by atoms with Crippen molar-refractivity contribution in [1.82, 2.24) is 15.5 Å². The maximum Gasteiger partial charge on any atom is 0.317 e. The van der Waals surface area contributed by atoms with Crippen molar-refractivity contribution in [2.24, 2.45) is 5.92 Å². The summed E-state index contributed by atoms with van der Waals surface area (Å²) < 4.78 is 5.10. The van der Waals surface area contributed by atoms with Crippen molar-refractivity contribution in [2.45, 2.75) is 13.0 Å². The Kier molecular flexibility index (Phi) is 5.56. The van der Waals surface area contributed by atoms with Crippen molar-refractivity contribution in [3.63, 3.8) is 0 Å². The summed E-state index contributed by atoms with van der Waals surface area (Å²) in [6.45, 7) is 2.34. The van der Waals surface area contributed by atoms with E-state index in [0.717, 1.165) is 0 Å². The Morgan fingerprint density at radius 3 is 2.47 bits per heavy atom. The van der Waals surface area contributed by atoms with Gasteiger partial charge in [0.2, 0.25) is 5.91 Å². The lowest BCUT2D eigenvalue weighted by Crippen LogP contribution is -2.49. The van der Waals surface area contributed by atoms with Gasteiger partial charge < -0.3 is 25.4 Å². The van der Waals surface area contributed by atoms with Gasteiger partial charge in [0.25, 0.3) is 0 Å². The van der Waals surface area contributed by atoms with E-state index >= 15 is 0 Å². The highest BCUT2D eigenvalue weighted by atomic mass is 16.5. The quantitative estimate of drug-likeness (QED) is 0.549. The lowest BCUT2D eigenvalue weighted by molar-refractivity contribution is -0.142. The molecule has 1 rings (SSSR count). The molecule has 108 valence electrons. The first-order chi connectivity index (χ1) is 8.93. The number of nitrogens with one attached hydrogen (secondary N) is 2. The first kappa shape index (κ1) is 15.2. The highest BCUT2D eigenvalue weighted by molar-refractivity contribution is 5.77. The Morgan fingerprint density at radius 2 is 1.89 bits per heavy atom. The highest BCUT2D eigenvalue weighted by Gasteiger charge is 2.38. The standard InChI is InChI=1S/C11H19N3O5/c1-7(15)12-3-4-13-11(18)14(2)9-6-19-5-8(9)10(16)17/h8-9H,3-6H2,1-2H3,(H,12,15)(H,13,18)(H,16,17). The number of urea groups is 1. The fourth-order valence-corrected chi connectivity index (χ4v) is 1.84. The summed E-state index contributed by atoms with van der Waals surface area (Å²) in [5.74, 6) is -1.84. The number of rotatable bonds is 5. The van der Waals surface area contributed by atoms with Crippen LogP contribution in [0.2, 0.25) is 0 Å². The first-order valence-corrected chi connectivity index (χ1v) is 5.99. The van der Waals surface area contributed by atoms with Gasteiger partial charge >= 0.3 is 12.0 Å². The Balaban J connectivity index is 2.39. The molecule has 8 nitrogen and oxygen atoms in total. The molecular formula is C11H19N3O5. The minimum Gasteiger partial charge on any atom is -0.481 e. The molecular weight excluding hydrogens is 254 g/mol. The van der Waals surface area contributed by atoms with E-state index in [-0.39, 0.29) is 31.7 Å². The third-order valence-corrected chi connectivity index (χ3v) is 2.96. The van der Waals surface area contributed by atoms with Gasteiger partial charge in [0.15, 0.2) is 0 Å². The van der Waals surface area contributed by atoms with Crippen LogP contribution in [0.4, 0.5) is 4.79 Å². The lowest BCUT2D eigenvalue weighted by atomic mass is 10.0. The Labute approximate surface area is 111 Å². The van der Waals surface area contributed by atoms with Crippen LogP contribution in [0.25, 0.3) is 0 Å². The molecule has 0 radical (unpaired) electrons. The summed E-state index contributed by atoms with van der Waals surface area (Å²) in [6, 6.07) is -0.856. The number of carboxylic acid groups (broad SMARTS) is 1. The monoisotopic (exact) mass is 273 g/mol. The van der Waals surface area contributed by atoms with Gasteiger partial charge in [-0.1, -0.05) is 0 Å². The number of hydrogen-bond acceptors (Lipinski definition) is 4. The molecule has 19 heavy (non-hydrogen) atoms. The SMILES string of the molecule is CC(=O)NCCNC(=O)N(C)C1COCC1C(=O)O. The van der Waals surface area contributed by atoms with Crippen molar-refractivity contribution in [3.05, 3.63) is 0 Å². The van der Waals surface area contributed by atoms with E-state index in [0.29, 0.717) is 6.54 Å². The zero-order valence-corrected chi connectivity index (χ0v) is 11.0. The summed E-state index contributed by atoms with van der Waals surface area (Å²) in [4.78, 5) is 34.8. The van der Waals surface area contributed by atoms with Crippen LogP contribution in [0.5, 0.6) is 0 Å². The van der Waals surface area contributed by atoms with Gasteiger partial charge in [-0.25, -0.2) is 4.79 Å². The van der Waals surface area contributed by atoms with Crippen LogP contribution in [0.15, 0.2) is 0 Å². The Morgan fingerprint density at radius 1 is 1.26 bits per heavy atom. The van der Waals surface area contributed by atoms with Crippen LogP contribution < -0.4 is 10.6 Å². The molecule has 3 amide bonds. The zero-order valence-electron chi connectivity index (χ0n) is 11.0. The Bertz CT molecular complexity index is 360. The Hall–Kier alpha value is -1.83. The summed E-state index contributed by atoms with van der Waals surface area (Å²) in [5, 5.41) is 14.1. The molecule has 2 atom stereocenters. The third-order valence-electron chi connectivity index (χ3n) is 2.96. The maximum atomic E-state index is 11.8. The van der Waals surface area contributed by atoms with Gasteiger partial charge in [-0.2, -0.15) is 0 Å². The number of carboxylic acids is 1. The highest BCUT2D eigenvalue weighted by Crippen LogP contribution is 2.18. The average molecular weight is 273 g/mol. The van der Waals surface area contributed by atoms with E-state index in [1.807, 2.05) is 0 Å². The summed E-state index contributed by atoms with van der Waals surface area (Å²) in [7, 11) is 1.53. The number of carbonyl (C=O) groups is 3. The van der Waals surface area contributed by atoms with E-state index in [1.54, 1.807) is 0 Å². The van der Waals surface area contributed by atoms with E-state index < -0.39 is 17.9 Å². The summed E-state index contributed by atoms with van der Waals surface area (Å²) in [6.07, 6.45) is 0. The van der Waals surface area contributed by atoms with Crippen LogP contribution in [-0.4, -0.2) is 67.3 Å².